The number of hydrogen-bond acceptors (Lipinski definition) is 6. The maximum atomic E-state index is 14.2. The molecule has 1 fully saturated rings. The Labute approximate surface area is 230 Å². The van der Waals surface area contributed by atoms with Crippen LogP contribution < -0.4 is 15.4 Å². The molecule has 0 spiro atoms. The Balaban J connectivity index is 2.02. The highest BCUT2D eigenvalue weighted by Crippen LogP contribution is 2.40. The summed E-state index contributed by atoms with van der Waals surface area (Å²) in [6.07, 6.45) is 1.08. The number of anilines is 1. The molecule has 212 valence electrons. The summed E-state index contributed by atoms with van der Waals surface area (Å²) in [4.78, 5) is 42.3. The molecular weight excluding hydrogens is 498 g/mol. The fourth-order valence-corrected chi connectivity index (χ4v) is 4.40. The first kappa shape index (κ1) is 29.8. The molecule has 1 aliphatic rings. The van der Waals surface area contributed by atoms with Gasteiger partial charge in [0.2, 0.25) is 5.91 Å². The van der Waals surface area contributed by atoms with Crippen LogP contribution in [0, 0.1) is 12.8 Å². The van der Waals surface area contributed by atoms with Gasteiger partial charge in [0.05, 0.1) is 7.11 Å². The zero-order chi connectivity index (χ0) is 28.9. The number of carbonyl (C=O) groups is 3. The summed E-state index contributed by atoms with van der Waals surface area (Å²) < 4.78 is 10.6. The number of alkyl carbamates (subject to hydrolysis) is 1. The van der Waals surface area contributed by atoms with Crippen LogP contribution in [0.25, 0.3) is 0 Å². The van der Waals surface area contributed by atoms with Crippen molar-refractivity contribution in [1.82, 2.24) is 10.2 Å². The van der Waals surface area contributed by atoms with Crippen molar-refractivity contribution >= 4 is 23.6 Å². The van der Waals surface area contributed by atoms with Gasteiger partial charge in [0.15, 0.2) is 0 Å². The van der Waals surface area contributed by atoms with Crippen molar-refractivity contribution in [1.29, 1.82) is 0 Å². The molecule has 0 aliphatic heterocycles. The molecule has 2 aromatic carbocycles. The van der Waals surface area contributed by atoms with Crippen LogP contribution in [0.2, 0.25) is 0 Å². The largest absolute Gasteiger partial charge is 0.507 e. The maximum absolute atomic E-state index is 14.2. The van der Waals surface area contributed by atoms with E-state index in [0.717, 1.165) is 0 Å². The average molecular weight is 540 g/mol. The number of ether oxygens (including phenoxy) is 2. The van der Waals surface area contributed by atoms with Gasteiger partial charge in [-0.1, -0.05) is 32.0 Å². The fraction of sp³-hybridized carbons (Fsp3) is 0.500. The Morgan fingerprint density at radius 3 is 2.26 bits per heavy atom. The summed E-state index contributed by atoms with van der Waals surface area (Å²) in [6.45, 7) is 10.9. The van der Waals surface area contributed by atoms with Crippen LogP contribution in [0.15, 0.2) is 42.5 Å². The number of methoxy groups -OCH3 is 1. The van der Waals surface area contributed by atoms with Crippen LogP contribution in [0.3, 0.4) is 0 Å². The number of aryl methyl sites for hydroxylation is 1. The summed E-state index contributed by atoms with van der Waals surface area (Å²) in [6, 6.07) is 9.76. The van der Waals surface area contributed by atoms with Crippen LogP contribution in [0.5, 0.6) is 11.5 Å². The van der Waals surface area contributed by atoms with Crippen molar-refractivity contribution < 1.29 is 29.0 Å². The molecule has 39 heavy (non-hydrogen) atoms. The number of carbonyl (C=O) groups excluding carboxylic acids is 3. The highest BCUT2D eigenvalue weighted by atomic mass is 16.6. The number of aromatic hydroxyl groups is 1. The molecule has 2 atom stereocenters. The normalized spacial score (nSPS) is 14.8. The topological polar surface area (TPSA) is 117 Å². The smallest absolute Gasteiger partial charge is 0.408 e. The Morgan fingerprint density at radius 2 is 1.72 bits per heavy atom. The molecule has 0 bridgehead atoms. The Hall–Kier alpha value is -3.75. The van der Waals surface area contributed by atoms with E-state index in [1.54, 1.807) is 77.3 Å². The number of nitrogens with one attached hydrogen (secondary N) is 2. The van der Waals surface area contributed by atoms with E-state index in [-0.39, 0.29) is 17.7 Å². The second-order valence-corrected chi connectivity index (χ2v) is 11.4. The number of rotatable bonds is 10. The van der Waals surface area contributed by atoms with Crippen molar-refractivity contribution in [2.24, 2.45) is 5.92 Å². The van der Waals surface area contributed by atoms with Crippen molar-refractivity contribution in [2.75, 3.05) is 12.4 Å². The van der Waals surface area contributed by atoms with Gasteiger partial charge in [-0.25, -0.2) is 4.79 Å². The van der Waals surface area contributed by atoms with E-state index >= 15 is 0 Å². The minimum absolute atomic E-state index is 0.0497. The molecule has 3 amide bonds. The number of para-hydroxylation sites is 1. The van der Waals surface area contributed by atoms with Gasteiger partial charge in [-0.3, -0.25) is 9.59 Å². The van der Waals surface area contributed by atoms with E-state index in [1.807, 2.05) is 13.8 Å². The fourth-order valence-electron chi connectivity index (χ4n) is 4.40. The van der Waals surface area contributed by atoms with Crippen molar-refractivity contribution in [3.63, 3.8) is 0 Å². The molecule has 9 heteroatoms. The molecular formula is C30H41N3O6. The van der Waals surface area contributed by atoms with E-state index in [0.29, 0.717) is 41.8 Å². The second-order valence-electron chi connectivity index (χ2n) is 11.4. The number of phenols is 1. The van der Waals surface area contributed by atoms with Crippen LogP contribution in [0.4, 0.5) is 10.5 Å². The third-order valence-corrected chi connectivity index (χ3v) is 6.34. The SMILES string of the molecule is COc1ccc(NC(=O)C(c2cccc(C)c2O)N(C(=O)C(CC(C)C)NC(=O)OC(C)(C)C)C2CC2)cc1. The minimum atomic E-state index is -1.12. The first-order valence-corrected chi connectivity index (χ1v) is 13.4. The third kappa shape index (κ3) is 8.12. The number of hydrogen-bond donors (Lipinski definition) is 3. The maximum Gasteiger partial charge on any atom is 0.408 e. The van der Waals surface area contributed by atoms with Crippen molar-refractivity contribution in [3.05, 3.63) is 53.6 Å². The summed E-state index contributed by atoms with van der Waals surface area (Å²) in [5.74, 6) is -0.199. The second kappa shape index (κ2) is 12.4. The molecule has 0 aromatic heterocycles. The van der Waals surface area contributed by atoms with Crippen molar-refractivity contribution in [2.45, 2.75) is 84.5 Å². The molecule has 2 aromatic rings. The quantitative estimate of drug-likeness (QED) is 0.376. The molecule has 1 aliphatic carbocycles. The molecule has 9 nitrogen and oxygen atoms in total. The first-order chi connectivity index (χ1) is 18.3. The van der Waals surface area contributed by atoms with Gasteiger partial charge >= 0.3 is 6.09 Å². The summed E-state index contributed by atoms with van der Waals surface area (Å²) >= 11 is 0. The van der Waals surface area contributed by atoms with Gasteiger partial charge in [-0.2, -0.15) is 0 Å². The van der Waals surface area contributed by atoms with E-state index in [9.17, 15) is 19.5 Å². The van der Waals surface area contributed by atoms with Gasteiger partial charge in [-0.05, 0) is 82.7 Å². The molecule has 3 rings (SSSR count). The molecule has 0 radical (unpaired) electrons. The van der Waals surface area contributed by atoms with Crippen molar-refractivity contribution in [3.8, 4) is 11.5 Å². The summed E-state index contributed by atoms with van der Waals surface area (Å²) in [5.41, 5.74) is 0.692. The molecule has 3 N–H and O–H groups in total. The first-order valence-electron chi connectivity index (χ1n) is 13.4. The Morgan fingerprint density at radius 1 is 1.08 bits per heavy atom. The van der Waals surface area contributed by atoms with Crippen LogP contribution >= 0.6 is 0 Å². The predicted molar refractivity (Wildman–Crippen MR) is 150 cm³/mol. The number of phenolic OH excluding ortho intramolecular Hbond substituents is 1. The molecule has 0 saturated heterocycles. The number of nitrogens with zero attached hydrogens (tertiary/aromatic N) is 1. The van der Waals surface area contributed by atoms with E-state index in [2.05, 4.69) is 10.6 Å². The lowest BCUT2D eigenvalue weighted by atomic mass is 9.97. The van der Waals surface area contributed by atoms with Gasteiger partial charge < -0.3 is 30.1 Å². The lowest BCUT2D eigenvalue weighted by Crippen LogP contribution is -2.53. The summed E-state index contributed by atoms with van der Waals surface area (Å²) in [7, 11) is 1.56. The molecule has 1 saturated carbocycles. The van der Waals surface area contributed by atoms with Crippen LogP contribution in [-0.4, -0.2) is 52.7 Å². The predicted octanol–water partition coefficient (Wildman–Crippen LogP) is 5.32. The zero-order valence-corrected chi connectivity index (χ0v) is 23.9. The monoisotopic (exact) mass is 539 g/mol. The third-order valence-electron chi connectivity index (χ3n) is 6.34. The summed E-state index contributed by atoms with van der Waals surface area (Å²) in [5, 5.41) is 16.7. The van der Waals surface area contributed by atoms with Gasteiger partial charge in [0, 0.05) is 17.3 Å². The van der Waals surface area contributed by atoms with Gasteiger partial charge in [0.1, 0.15) is 29.2 Å². The number of amides is 3. The van der Waals surface area contributed by atoms with Gasteiger partial charge in [0.25, 0.3) is 5.91 Å². The lowest BCUT2D eigenvalue weighted by Gasteiger charge is -2.35. The van der Waals surface area contributed by atoms with Crippen LogP contribution in [-0.2, 0) is 14.3 Å². The zero-order valence-electron chi connectivity index (χ0n) is 23.9. The van der Waals surface area contributed by atoms with Gasteiger partial charge in [-0.15, -0.1) is 0 Å². The van der Waals surface area contributed by atoms with E-state index in [4.69, 9.17) is 9.47 Å². The molecule has 0 heterocycles. The van der Waals surface area contributed by atoms with E-state index in [1.165, 1.54) is 4.90 Å². The van der Waals surface area contributed by atoms with Crippen LogP contribution in [0.1, 0.15) is 71.0 Å². The lowest BCUT2D eigenvalue weighted by molar-refractivity contribution is -0.141. The average Bonchev–Trinajstić information content (AvgIpc) is 3.68. The highest BCUT2D eigenvalue weighted by Gasteiger charge is 2.45. The van der Waals surface area contributed by atoms with E-state index < -0.39 is 35.6 Å². The highest BCUT2D eigenvalue weighted by molar-refractivity contribution is 5.99. The number of benzene rings is 2. The Bertz CT molecular complexity index is 1170. The Kier molecular flexibility index (Phi) is 9.48. The molecule has 2 unspecified atom stereocenters. The minimum Gasteiger partial charge on any atom is -0.507 e. The standard InChI is InChI=1S/C30H41N3O6/c1-18(2)17-24(32-29(37)39-30(4,5)6)28(36)33(21-13-14-21)25(23-10-8-9-19(3)26(23)34)27(35)31-20-11-15-22(38-7)16-12-20/h8-12,15-16,18,21,24-25,34H,13-14,17H2,1-7H3,(H,31,35)(H,32,37).